The van der Waals surface area contributed by atoms with Crippen LogP contribution in [0.3, 0.4) is 0 Å². The van der Waals surface area contributed by atoms with Crippen molar-refractivity contribution in [3.8, 4) is 0 Å². The molecule has 0 saturated heterocycles. The van der Waals surface area contributed by atoms with Gasteiger partial charge in [-0.3, -0.25) is 9.59 Å². The zero-order valence-corrected chi connectivity index (χ0v) is 16.0. The van der Waals surface area contributed by atoms with E-state index >= 15 is 0 Å². The molecular formula is C20H22BrN3O2. The van der Waals surface area contributed by atoms with Crippen LogP contribution in [0.4, 0.5) is 0 Å². The summed E-state index contributed by atoms with van der Waals surface area (Å²) in [7, 11) is 0. The first-order chi connectivity index (χ1) is 12.6. The lowest BCUT2D eigenvalue weighted by Crippen LogP contribution is -2.22. The number of amides is 2. The fourth-order valence-corrected chi connectivity index (χ4v) is 2.50. The first-order valence-corrected chi connectivity index (χ1v) is 9.31. The van der Waals surface area contributed by atoms with Crippen molar-refractivity contribution in [2.45, 2.75) is 32.2 Å². The summed E-state index contributed by atoms with van der Waals surface area (Å²) in [6.45, 7) is 0.533. The number of hydrogen-bond acceptors (Lipinski definition) is 3. The van der Waals surface area contributed by atoms with Crippen molar-refractivity contribution >= 4 is 34.0 Å². The predicted octanol–water partition coefficient (Wildman–Crippen LogP) is 3.78. The van der Waals surface area contributed by atoms with Gasteiger partial charge in [-0.15, -0.1) is 0 Å². The van der Waals surface area contributed by atoms with Gasteiger partial charge >= 0.3 is 0 Å². The predicted molar refractivity (Wildman–Crippen MR) is 107 cm³/mol. The Hall–Kier alpha value is -2.47. The number of nitrogens with one attached hydrogen (secondary N) is 2. The minimum absolute atomic E-state index is 0.00233. The Morgan fingerprint density at radius 2 is 1.58 bits per heavy atom. The summed E-state index contributed by atoms with van der Waals surface area (Å²) < 4.78 is 0.992. The highest BCUT2D eigenvalue weighted by Crippen LogP contribution is 2.09. The van der Waals surface area contributed by atoms with Crippen molar-refractivity contribution in [3.05, 3.63) is 70.2 Å². The number of halogens is 1. The lowest BCUT2D eigenvalue weighted by Gasteiger charge is -2.05. The molecule has 0 bridgehead atoms. The average molecular weight is 416 g/mol. The van der Waals surface area contributed by atoms with Gasteiger partial charge in [0.05, 0.1) is 6.21 Å². The SMILES string of the molecule is O=C(CCCCC(=O)N/N=C/c1ccc(Br)cc1)NCc1ccccc1. The molecule has 0 aliphatic rings. The molecule has 2 aromatic carbocycles. The van der Waals surface area contributed by atoms with E-state index in [9.17, 15) is 9.59 Å². The van der Waals surface area contributed by atoms with E-state index in [-0.39, 0.29) is 11.8 Å². The topological polar surface area (TPSA) is 70.6 Å². The van der Waals surface area contributed by atoms with E-state index in [2.05, 4.69) is 31.8 Å². The summed E-state index contributed by atoms with van der Waals surface area (Å²) in [6, 6.07) is 17.4. The molecule has 0 heterocycles. The molecule has 5 nitrogen and oxygen atoms in total. The molecule has 2 N–H and O–H groups in total. The Bertz CT molecular complexity index is 730. The molecule has 2 aromatic rings. The molecule has 6 heteroatoms. The quantitative estimate of drug-likeness (QED) is 0.371. The van der Waals surface area contributed by atoms with Crippen molar-refractivity contribution < 1.29 is 9.59 Å². The highest BCUT2D eigenvalue weighted by molar-refractivity contribution is 9.10. The van der Waals surface area contributed by atoms with Gasteiger partial charge in [0, 0.05) is 23.9 Å². The summed E-state index contributed by atoms with van der Waals surface area (Å²) in [5.74, 6) is -0.148. The summed E-state index contributed by atoms with van der Waals surface area (Å²) in [4.78, 5) is 23.5. The smallest absolute Gasteiger partial charge is 0.240 e. The number of benzene rings is 2. The first-order valence-electron chi connectivity index (χ1n) is 8.51. The van der Waals surface area contributed by atoms with Crippen LogP contribution < -0.4 is 10.7 Å². The van der Waals surface area contributed by atoms with Crippen LogP contribution in [0.2, 0.25) is 0 Å². The Labute approximate surface area is 162 Å². The lowest BCUT2D eigenvalue weighted by atomic mass is 10.1. The third-order valence-corrected chi connectivity index (χ3v) is 4.19. The van der Waals surface area contributed by atoms with Crippen molar-refractivity contribution in [2.24, 2.45) is 5.10 Å². The van der Waals surface area contributed by atoms with Gasteiger partial charge in [0.1, 0.15) is 0 Å². The molecule has 0 aromatic heterocycles. The van der Waals surface area contributed by atoms with Gasteiger partial charge in [-0.25, -0.2) is 5.43 Å². The molecule has 0 unspecified atom stereocenters. The number of unbranched alkanes of at least 4 members (excludes halogenated alkanes) is 1. The molecular weight excluding hydrogens is 394 g/mol. The van der Waals surface area contributed by atoms with Crippen molar-refractivity contribution in [1.29, 1.82) is 0 Å². The zero-order chi connectivity index (χ0) is 18.6. The molecule has 2 rings (SSSR count). The average Bonchev–Trinajstić information content (AvgIpc) is 2.66. The maximum absolute atomic E-state index is 11.8. The van der Waals surface area contributed by atoms with E-state index in [0.29, 0.717) is 32.2 Å². The molecule has 0 spiro atoms. The Morgan fingerprint density at radius 1 is 0.923 bits per heavy atom. The summed E-state index contributed by atoms with van der Waals surface area (Å²) in [5, 5.41) is 6.81. The zero-order valence-electron chi connectivity index (χ0n) is 14.5. The third kappa shape index (κ3) is 8.07. The third-order valence-electron chi connectivity index (χ3n) is 3.66. The minimum atomic E-state index is -0.150. The van der Waals surface area contributed by atoms with Crippen LogP contribution >= 0.6 is 15.9 Å². The van der Waals surface area contributed by atoms with Crippen LogP contribution in [0.25, 0.3) is 0 Å². The van der Waals surface area contributed by atoms with Gasteiger partial charge in [0.2, 0.25) is 11.8 Å². The summed E-state index contributed by atoms with van der Waals surface area (Å²) in [5.41, 5.74) is 4.48. The number of carbonyl (C=O) groups is 2. The van der Waals surface area contributed by atoms with Gasteiger partial charge in [-0.05, 0) is 36.1 Å². The van der Waals surface area contributed by atoms with Crippen LogP contribution in [0.15, 0.2) is 64.2 Å². The molecule has 2 amide bonds. The first kappa shape index (κ1) is 19.8. The van der Waals surface area contributed by atoms with Gasteiger partial charge < -0.3 is 5.32 Å². The molecule has 26 heavy (non-hydrogen) atoms. The van der Waals surface area contributed by atoms with E-state index in [4.69, 9.17) is 0 Å². The highest BCUT2D eigenvalue weighted by Gasteiger charge is 2.03. The fourth-order valence-electron chi connectivity index (χ4n) is 2.24. The van der Waals surface area contributed by atoms with Crippen molar-refractivity contribution in [3.63, 3.8) is 0 Å². The van der Waals surface area contributed by atoms with Crippen LogP contribution in [0.5, 0.6) is 0 Å². The van der Waals surface area contributed by atoms with Crippen LogP contribution in [0.1, 0.15) is 36.8 Å². The number of hydrazone groups is 1. The normalized spacial score (nSPS) is 10.7. The maximum Gasteiger partial charge on any atom is 0.240 e. The Morgan fingerprint density at radius 3 is 2.27 bits per heavy atom. The largest absolute Gasteiger partial charge is 0.352 e. The van der Waals surface area contributed by atoms with Crippen molar-refractivity contribution in [1.82, 2.24) is 10.7 Å². The number of hydrogen-bond donors (Lipinski definition) is 2. The summed E-state index contributed by atoms with van der Waals surface area (Å²) in [6.07, 6.45) is 3.69. The highest BCUT2D eigenvalue weighted by atomic mass is 79.9. The van der Waals surface area contributed by atoms with Crippen molar-refractivity contribution in [2.75, 3.05) is 0 Å². The van der Waals surface area contributed by atoms with E-state index in [1.165, 1.54) is 0 Å². The molecule has 0 aliphatic carbocycles. The second-order valence-corrected chi connectivity index (χ2v) is 6.73. The standard InChI is InChI=1S/C20H22BrN3O2/c21-18-12-10-17(11-13-18)15-23-24-20(26)9-5-4-8-19(25)22-14-16-6-2-1-3-7-16/h1-3,6-7,10-13,15H,4-5,8-9,14H2,(H,22,25)(H,24,26)/b23-15+. The van der Waals surface area contributed by atoms with Crippen LogP contribution in [0, 0.1) is 0 Å². The maximum atomic E-state index is 11.8. The van der Waals surface area contributed by atoms with Gasteiger partial charge in [0.15, 0.2) is 0 Å². The van der Waals surface area contributed by atoms with Gasteiger partial charge in [-0.2, -0.15) is 5.10 Å². The monoisotopic (exact) mass is 415 g/mol. The number of carbonyl (C=O) groups excluding carboxylic acids is 2. The minimum Gasteiger partial charge on any atom is -0.352 e. The van der Waals surface area contributed by atoms with Gasteiger partial charge in [-0.1, -0.05) is 58.4 Å². The molecule has 0 fully saturated rings. The van der Waals surface area contributed by atoms with E-state index in [1.54, 1.807) is 6.21 Å². The summed E-state index contributed by atoms with van der Waals surface area (Å²) >= 11 is 3.36. The van der Waals surface area contributed by atoms with Gasteiger partial charge in [0.25, 0.3) is 0 Å². The van der Waals surface area contributed by atoms with E-state index in [1.807, 2.05) is 54.6 Å². The molecule has 136 valence electrons. The molecule has 0 radical (unpaired) electrons. The van der Waals surface area contributed by atoms with E-state index < -0.39 is 0 Å². The Balaban J connectivity index is 1.55. The van der Waals surface area contributed by atoms with Crippen LogP contribution in [-0.4, -0.2) is 18.0 Å². The molecule has 0 saturated carbocycles. The second kappa shape index (κ2) is 11.2. The molecule has 0 aliphatic heterocycles. The fraction of sp³-hybridized carbons (Fsp3) is 0.250. The van der Waals surface area contributed by atoms with Crippen LogP contribution in [-0.2, 0) is 16.1 Å². The molecule has 0 atom stereocenters. The lowest BCUT2D eigenvalue weighted by molar-refractivity contribution is -0.123. The number of nitrogens with zero attached hydrogens (tertiary/aromatic N) is 1. The number of rotatable bonds is 9. The van der Waals surface area contributed by atoms with E-state index in [0.717, 1.165) is 15.6 Å². The second-order valence-electron chi connectivity index (χ2n) is 5.81. The Kier molecular flexibility index (Phi) is 8.55.